The summed E-state index contributed by atoms with van der Waals surface area (Å²) in [7, 11) is 0. The minimum Gasteiger partial charge on any atom is -0.339 e. The van der Waals surface area contributed by atoms with Crippen molar-refractivity contribution in [3.8, 4) is 0 Å². The largest absolute Gasteiger partial charge is 0.339 e. The van der Waals surface area contributed by atoms with Gasteiger partial charge >= 0.3 is 0 Å². The predicted molar refractivity (Wildman–Crippen MR) is 86.0 cm³/mol. The molecule has 1 unspecified atom stereocenters. The molecule has 130 valence electrons. The first-order valence-corrected chi connectivity index (χ1v) is 8.54. The lowest BCUT2D eigenvalue weighted by Crippen LogP contribution is -2.43. The van der Waals surface area contributed by atoms with Gasteiger partial charge in [-0.1, -0.05) is 12.1 Å². The average molecular weight is 333 g/mol. The molecule has 0 aromatic carbocycles. The van der Waals surface area contributed by atoms with E-state index < -0.39 is 0 Å². The third kappa shape index (κ3) is 3.05. The van der Waals surface area contributed by atoms with Gasteiger partial charge in [0.1, 0.15) is 5.71 Å². The van der Waals surface area contributed by atoms with Crippen molar-refractivity contribution >= 4 is 17.5 Å². The molecule has 8 nitrogen and oxygen atoms in total. The van der Waals surface area contributed by atoms with Crippen molar-refractivity contribution in [3.05, 3.63) is 11.7 Å². The van der Waals surface area contributed by atoms with Gasteiger partial charge in [0.25, 0.3) is 5.91 Å². The van der Waals surface area contributed by atoms with Crippen molar-refractivity contribution in [2.24, 2.45) is 5.10 Å². The van der Waals surface area contributed by atoms with Crippen molar-refractivity contribution in [1.82, 2.24) is 20.0 Å². The summed E-state index contributed by atoms with van der Waals surface area (Å²) in [5, 5.41) is 9.73. The highest BCUT2D eigenvalue weighted by molar-refractivity contribution is 6.39. The summed E-state index contributed by atoms with van der Waals surface area (Å²) in [5.74, 6) is 0.977. The van der Waals surface area contributed by atoms with Gasteiger partial charge < -0.3 is 9.42 Å². The summed E-state index contributed by atoms with van der Waals surface area (Å²) in [5.41, 5.74) is 0.439. The highest BCUT2D eigenvalue weighted by atomic mass is 16.5. The number of carbonyl (C=O) groups excluding carboxylic acids is 2. The van der Waals surface area contributed by atoms with Crippen LogP contribution in [0.1, 0.15) is 64.2 Å². The van der Waals surface area contributed by atoms with E-state index in [1.165, 1.54) is 5.01 Å². The van der Waals surface area contributed by atoms with Gasteiger partial charge in [0.05, 0.1) is 6.04 Å². The molecule has 1 saturated heterocycles. The highest BCUT2D eigenvalue weighted by Crippen LogP contribution is 2.31. The van der Waals surface area contributed by atoms with Crippen LogP contribution in [0.5, 0.6) is 0 Å². The molecule has 1 aromatic heterocycles. The van der Waals surface area contributed by atoms with E-state index in [9.17, 15) is 9.59 Å². The molecule has 2 aliphatic rings. The Kier molecular flexibility index (Phi) is 4.64. The number of likely N-dealkylation sites (tertiary alicyclic amines) is 1. The summed E-state index contributed by atoms with van der Waals surface area (Å²) in [6.45, 7) is 6.37. The minimum absolute atomic E-state index is 0.0368. The molecule has 2 aliphatic heterocycles. The van der Waals surface area contributed by atoms with Gasteiger partial charge in [0.2, 0.25) is 11.8 Å². The van der Waals surface area contributed by atoms with Crippen LogP contribution in [0.25, 0.3) is 0 Å². The summed E-state index contributed by atoms with van der Waals surface area (Å²) in [6.07, 6.45) is 3.09. The molecule has 0 bridgehead atoms. The predicted octanol–water partition coefficient (Wildman–Crippen LogP) is 1.68. The molecule has 1 aromatic rings. The van der Waals surface area contributed by atoms with Gasteiger partial charge in [-0.05, 0) is 26.7 Å². The quantitative estimate of drug-likeness (QED) is 0.836. The van der Waals surface area contributed by atoms with Crippen LogP contribution in [0, 0.1) is 0 Å². The standard InChI is InChI=1S/C16H23N5O3/c1-4-13-17-15(19-24-13)12-6-5-9-20(12)16(23)11-7-8-14(22)21(18-11)10(2)3/h10,12H,4-9H2,1-3H3. The molecule has 8 heteroatoms. The molecule has 3 heterocycles. The SMILES string of the molecule is CCc1nc(C2CCCN2C(=O)C2=NN(C(C)C)C(=O)CC2)no1. The Morgan fingerprint density at radius 3 is 2.83 bits per heavy atom. The van der Waals surface area contributed by atoms with Crippen molar-refractivity contribution in [1.29, 1.82) is 0 Å². The number of nitrogens with zero attached hydrogens (tertiary/aromatic N) is 5. The van der Waals surface area contributed by atoms with Gasteiger partial charge in [-0.25, -0.2) is 5.01 Å². The fourth-order valence-electron chi connectivity index (χ4n) is 3.12. The van der Waals surface area contributed by atoms with Crippen LogP contribution in [0.3, 0.4) is 0 Å². The number of hydrogen-bond donors (Lipinski definition) is 0. The van der Waals surface area contributed by atoms with Crippen LogP contribution >= 0.6 is 0 Å². The molecule has 2 amide bonds. The second kappa shape index (κ2) is 6.70. The maximum absolute atomic E-state index is 12.9. The zero-order valence-electron chi connectivity index (χ0n) is 14.4. The summed E-state index contributed by atoms with van der Waals surface area (Å²) in [4.78, 5) is 30.9. The second-order valence-electron chi connectivity index (χ2n) is 6.44. The van der Waals surface area contributed by atoms with Crippen molar-refractivity contribution in [2.45, 2.75) is 65.0 Å². The first kappa shape index (κ1) is 16.6. The van der Waals surface area contributed by atoms with Gasteiger partial charge in [-0.3, -0.25) is 9.59 Å². The zero-order valence-corrected chi connectivity index (χ0v) is 14.4. The Morgan fingerprint density at radius 2 is 2.17 bits per heavy atom. The maximum atomic E-state index is 12.9. The molecular weight excluding hydrogens is 310 g/mol. The molecule has 3 rings (SSSR count). The Hall–Kier alpha value is -2.25. The van der Waals surface area contributed by atoms with Gasteiger partial charge in [0, 0.05) is 31.8 Å². The fraction of sp³-hybridized carbons (Fsp3) is 0.688. The van der Waals surface area contributed by atoms with Gasteiger partial charge in [0.15, 0.2) is 5.82 Å². The molecule has 0 spiro atoms. The van der Waals surface area contributed by atoms with E-state index in [2.05, 4.69) is 15.2 Å². The molecular formula is C16H23N5O3. The van der Waals surface area contributed by atoms with E-state index in [1.54, 1.807) is 4.90 Å². The first-order valence-electron chi connectivity index (χ1n) is 8.54. The van der Waals surface area contributed by atoms with Crippen molar-refractivity contribution < 1.29 is 14.1 Å². The van der Waals surface area contributed by atoms with Crippen molar-refractivity contribution in [2.75, 3.05) is 6.54 Å². The number of carbonyl (C=O) groups is 2. The molecule has 0 N–H and O–H groups in total. The number of aromatic nitrogens is 2. The topological polar surface area (TPSA) is 91.9 Å². The lowest BCUT2D eigenvalue weighted by Gasteiger charge is -2.29. The third-order valence-corrected chi connectivity index (χ3v) is 4.39. The number of amides is 2. The Morgan fingerprint density at radius 1 is 1.38 bits per heavy atom. The molecule has 0 radical (unpaired) electrons. The number of hydrogen-bond acceptors (Lipinski definition) is 6. The normalized spacial score (nSPS) is 21.6. The summed E-state index contributed by atoms with van der Waals surface area (Å²) >= 11 is 0. The number of hydrazone groups is 1. The lowest BCUT2D eigenvalue weighted by atomic mass is 10.1. The summed E-state index contributed by atoms with van der Waals surface area (Å²) < 4.78 is 5.18. The van der Waals surface area contributed by atoms with Crippen LogP contribution < -0.4 is 0 Å². The van der Waals surface area contributed by atoms with Crippen LogP contribution in [-0.4, -0.2) is 50.2 Å². The van der Waals surface area contributed by atoms with Gasteiger partial charge in [-0.2, -0.15) is 10.1 Å². The Bertz CT molecular complexity index is 666. The van der Waals surface area contributed by atoms with Gasteiger partial charge in [-0.15, -0.1) is 0 Å². The highest BCUT2D eigenvalue weighted by Gasteiger charge is 2.37. The third-order valence-electron chi connectivity index (χ3n) is 4.39. The van der Waals surface area contributed by atoms with E-state index in [1.807, 2.05) is 20.8 Å². The average Bonchev–Trinajstić information content (AvgIpc) is 3.23. The van der Waals surface area contributed by atoms with Crippen LogP contribution in [0.4, 0.5) is 0 Å². The molecule has 0 aliphatic carbocycles. The Labute approximate surface area is 140 Å². The molecule has 24 heavy (non-hydrogen) atoms. The van der Waals surface area contributed by atoms with E-state index in [0.717, 1.165) is 12.8 Å². The minimum atomic E-state index is -0.172. The molecule has 1 atom stereocenters. The Balaban J connectivity index is 1.80. The van der Waals surface area contributed by atoms with E-state index >= 15 is 0 Å². The number of aryl methyl sites for hydroxylation is 1. The van der Waals surface area contributed by atoms with E-state index in [4.69, 9.17) is 4.52 Å². The van der Waals surface area contributed by atoms with Crippen molar-refractivity contribution in [3.63, 3.8) is 0 Å². The zero-order chi connectivity index (χ0) is 17.3. The van der Waals surface area contributed by atoms with Crippen LogP contribution in [0.2, 0.25) is 0 Å². The van der Waals surface area contributed by atoms with Crippen LogP contribution in [0.15, 0.2) is 9.62 Å². The molecule has 0 saturated carbocycles. The van der Waals surface area contributed by atoms with E-state index in [-0.39, 0.29) is 23.9 Å². The molecule has 1 fully saturated rings. The van der Waals surface area contributed by atoms with E-state index in [0.29, 0.717) is 43.2 Å². The lowest BCUT2D eigenvalue weighted by molar-refractivity contribution is -0.133. The summed E-state index contributed by atoms with van der Waals surface area (Å²) in [6, 6.07) is -0.228. The maximum Gasteiger partial charge on any atom is 0.270 e. The second-order valence-corrected chi connectivity index (χ2v) is 6.44. The smallest absolute Gasteiger partial charge is 0.270 e. The monoisotopic (exact) mass is 333 g/mol. The first-order chi connectivity index (χ1) is 11.5. The number of rotatable bonds is 4. The fourth-order valence-corrected chi connectivity index (χ4v) is 3.12. The van der Waals surface area contributed by atoms with Crippen LogP contribution in [-0.2, 0) is 16.0 Å².